The van der Waals surface area contributed by atoms with E-state index in [1.54, 1.807) is 13.8 Å². The summed E-state index contributed by atoms with van der Waals surface area (Å²) in [6, 6.07) is -1.90. The van der Waals surface area contributed by atoms with Crippen LogP contribution in [-0.2, 0) is 32.9 Å². The lowest BCUT2D eigenvalue weighted by Gasteiger charge is -2.30. The van der Waals surface area contributed by atoms with Crippen molar-refractivity contribution in [2.24, 2.45) is 11.8 Å². The highest BCUT2D eigenvalue weighted by atomic mass is 31.2. The van der Waals surface area contributed by atoms with Gasteiger partial charge >= 0.3 is 19.6 Å². The third kappa shape index (κ3) is 9.69. The second-order valence-electron chi connectivity index (χ2n) is 14.1. The van der Waals surface area contributed by atoms with Crippen LogP contribution in [0.25, 0.3) is 11.2 Å². The fraction of sp³-hybridized carbons (Fsp3) is 0.781. The van der Waals surface area contributed by atoms with Gasteiger partial charge in [0.25, 0.3) is 0 Å². The van der Waals surface area contributed by atoms with Gasteiger partial charge in [0.2, 0.25) is 5.95 Å². The lowest BCUT2D eigenvalue weighted by Crippen LogP contribution is -2.47. The van der Waals surface area contributed by atoms with E-state index in [4.69, 9.17) is 24.5 Å². The third-order valence-electron chi connectivity index (χ3n) is 8.77. The summed E-state index contributed by atoms with van der Waals surface area (Å²) in [5.41, 5.74) is 4.87. The third-order valence-corrected chi connectivity index (χ3v) is 10.6. The van der Waals surface area contributed by atoms with Crippen LogP contribution in [0.15, 0.2) is 6.33 Å². The molecular formula is C32H55N8O9P. The Bertz CT molecular complexity index is 1460. The predicted molar refractivity (Wildman–Crippen MR) is 186 cm³/mol. The van der Waals surface area contributed by atoms with Crippen molar-refractivity contribution >= 4 is 42.5 Å². The molecule has 2 aliphatic rings. The number of carbonyl (C=O) groups is 2. The van der Waals surface area contributed by atoms with Crippen LogP contribution in [0, 0.1) is 11.8 Å². The summed E-state index contributed by atoms with van der Waals surface area (Å²) in [7, 11) is -4.31. The van der Waals surface area contributed by atoms with Gasteiger partial charge in [0.1, 0.15) is 29.9 Å². The number of nitrogens with one attached hydrogen (secondary N) is 3. The number of ether oxygens (including phenoxy) is 3. The lowest BCUT2D eigenvalue weighted by atomic mass is 9.96. The number of nitrogens with two attached hydrogens (primary N) is 1. The van der Waals surface area contributed by atoms with Crippen molar-refractivity contribution in [1.82, 2.24) is 29.7 Å². The number of carbonyl (C=O) groups excluding carboxylic acids is 2. The second-order valence-corrected chi connectivity index (χ2v) is 15.9. The smallest absolute Gasteiger partial charge is 0.342 e. The van der Waals surface area contributed by atoms with Crippen molar-refractivity contribution in [1.29, 1.82) is 0 Å². The van der Waals surface area contributed by atoms with Crippen LogP contribution < -0.4 is 21.2 Å². The lowest BCUT2D eigenvalue weighted by molar-refractivity contribution is -0.146. The average molecular weight is 727 g/mol. The van der Waals surface area contributed by atoms with Crippen LogP contribution >= 0.6 is 7.67 Å². The standard InChI is InChI=1S/C32H55N8O9P/c1-8-46-28(42)21(14-18(3)4)38-50(45,39-22(15-19(5)6)29(43)47-9-2)48-16-23-25(41)32(7,44)30(49-23)40-17-34-24-26(35-20-12-10-11-13-20)36-31(33)37-27(24)40/h17-23,25,30,41,44H,8-16H2,1-7H3,(H2,38,39,45)(H3,33,35,36,37)/t21-,22-,23+,25-,30+,32?/m0/s1. The molecule has 2 aromatic rings. The molecule has 0 radical (unpaired) electrons. The molecule has 18 heteroatoms. The largest absolute Gasteiger partial charge is 0.465 e. The number of aliphatic hydroxyl groups is 2. The van der Waals surface area contributed by atoms with Crippen molar-refractivity contribution in [2.75, 3.05) is 30.9 Å². The number of hydrogen-bond donors (Lipinski definition) is 6. The molecule has 1 saturated carbocycles. The molecule has 0 spiro atoms. The molecule has 6 atom stereocenters. The Morgan fingerprint density at radius 2 is 1.62 bits per heavy atom. The number of nitrogen functional groups attached to an aromatic ring is 1. The summed E-state index contributed by atoms with van der Waals surface area (Å²) < 4.78 is 38.7. The van der Waals surface area contributed by atoms with E-state index >= 15 is 0 Å². The Kier molecular flexibility index (Phi) is 13.6. The van der Waals surface area contributed by atoms with Gasteiger partial charge in [-0.2, -0.15) is 9.97 Å². The SMILES string of the molecule is CCOC(=O)[C@H](CC(C)C)NP(=O)(N[C@@H](CC(C)C)C(=O)OCC)OC[C@H]1O[C@@H](n2cnc3c(NC4CCCC4)nc(N)nc32)C(C)(O)[C@H]1O. The Morgan fingerprint density at radius 3 is 2.14 bits per heavy atom. The maximum Gasteiger partial charge on any atom is 0.342 e. The van der Waals surface area contributed by atoms with Crippen molar-refractivity contribution < 1.29 is 43.1 Å². The van der Waals surface area contributed by atoms with E-state index in [9.17, 15) is 24.4 Å². The first-order chi connectivity index (χ1) is 23.6. The number of anilines is 2. The molecule has 17 nitrogen and oxygen atoms in total. The van der Waals surface area contributed by atoms with Crippen molar-refractivity contribution in [3.05, 3.63) is 6.33 Å². The first-order valence-electron chi connectivity index (χ1n) is 17.5. The van der Waals surface area contributed by atoms with Crippen molar-refractivity contribution in [2.45, 2.75) is 129 Å². The summed E-state index contributed by atoms with van der Waals surface area (Å²) in [5.74, 6) is -0.837. The number of nitrogens with zero attached hydrogens (tertiary/aromatic N) is 4. The van der Waals surface area contributed by atoms with Gasteiger partial charge < -0.3 is 40.0 Å². The van der Waals surface area contributed by atoms with Gasteiger partial charge in [-0.15, -0.1) is 0 Å². The quantitative estimate of drug-likeness (QED) is 0.0957. The molecule has 3 heterocycles. The maximum absolute atomic E-state index is 14.6. The van der Waals surface area contributed by atoms with Gasteiger partial charge in [0.05, 0.1) is 26.1 Å². The molecule has 4 rings (SSSR count). The number of esters is 2. The molecule has 282 valence electrons. The average Bonchev–Trinajstić information content (AvgIpc) is 3.74. The van der Waals surface area contributed by atoms with Crippen molar-refractivity contribution in [3.63, 3.8) is 0 Å². The summed E-state index contributed by atoms with van der Waals surface area (Å²) in [6.45, 7) is 12.0. The van der Waals surface area contributed by atoms with E-state index in [-0.39, 0.29) is 55.5 Å². The highest BCUT2D eigenvalue weighted by molar-refractivity contribution is 7.54. The van der Waals surface area contributed by atoms with Gasteiger partial charge in [-0.05, 0) is 58.3 Å². The molecule has 1 aliphatic carbocycles. The monoisotopic (exact) mass is 726 g/mol. The van der Waals surface area contributed by atoms with E-state index in [0.717, 1.165) is 25.7 Å². The second kappa shape index (κ2) is 17.1. The molecule has 0 bridgehead atoms. The highest BCUT2D eigenvalue weighted by Crippen LogP contribution is 2.45. The first kappa shape index (κ1) is 39.9. The van der Waals surface area contributed by atoms with E-state index < -0.39 is 62.3 Å². The molecular weight excluding hydrogens is 671 g/mol. The molecule has 0 aromatic carbocycles. The van der Waals surface area contributed by atoms with Gasteiger partial charge in [0, 0.05) is 6.04 Å². The minimum absolute atomic E-state index is 0.00514. The van der Waals surface area contributed by atoms with Crippen LogP contribution in [-0.4, -0.2) is 97.4 Å². The minimum atomic E-state index is -4.31. The fourth-order valence-corrected chi connectivity index (χ4v) is 8.20. The Balaban J connectivity index is 1.62. The first-order valence-corrected chi connectivity index (χ1v) is 19.2. The Morgan fingerprint density at radius 1 is 1.06 bits per heavy atom. The van der Waals surface area contributed by atoms with Gasteiger partial charge in [-0.1, -0.05) is 40.5 Å². The van der Waals surface area contributed by atoms with E-state index in [2.05, 4.69) is 30.4 Å². The van der Waals surface area contributed by atoms with Gasteiger partial charge in [-0.3, -0.25) is 18.7 Å². The zero-order valence-corrected chi connectivity index (χ0v) is 31.0. The van der Waals surface area contributed by atoms with Crippen molar-refractivity contribution in [3.8, 4) is 0 Å². The molecule has 1 saturated heterocycles. The molecule has 2 fully saturated rings. The Labute approximate surface area is 293 Å². The number of aliphatic hydroxyl groups excluding tert-OH is 1. The number of hydrogen-bond acceptors (Lipinski definition) is 14. The van der Waals surface area contributed by atoms with Crippen LogP contribution in [0.1, 0.15) is 93.2 Å². The fourth-order valence-electron chi connectivity index (χ4n) is 6.38. The number of imidazole rings is 1. The van der Waals surface area contributed by atoms with Crippen LogP contribution in [0.5, 0.6) is 0 Å². The molecule has 1 aliphatic heterocycles. The molecule has 2 aromatic heterocycles. The molecule has 50 heavy (non-hydrogen) atoms. The normalized spacial score (nSPS) is 24.3. The minimum Gasteiger partial charge on any atom is -0.465 e. The Hall–Kier alpha value is -2.92. The van der Waals surface area contributed by atoms with E-state index in [1.165, 1.54) is 17.8 Å². The summed E-state index contributed by atoms with van der Waals surface area (Å²) in [4.78, 5) is 39.1. The van der Waals surface area contributed by atoms with Crippen LogP contribution in [0.2, 0.25) is 0 Å². The zero-order chi connectivity index (χ0) is 36.8. The number of rotatable bonds is 18. The molecule has 0 amide bonds. The zero-order valence-electron chi connectivity index (χ0n) is 30.1. The van der Waals surface area contributed by atoms with E-state index in [1.807, 2.05) is 27.7 Å². The highest BCUT2D eigenvalue weighted by Gasteiger charge is 2.54. The topological polar surface area (TPSA) is 234 Å². The molecule has 7 N–H and O–H groups in total. The number of aromatic nitrogens is 4. The summed E-state index contributed by atoms with van der Waals surface area (Å²) in [6.07, 6.45) is 2.13. The summed E-state index contributed by atoms with van der Waals surface area (Å²) in [5, 5.41) is 31.9. The maximum atomic E-state index is 14.6. The predicted octanol–water partition coefficient (Wildman–Crippen LogP) is 3.03. The number of fused-ring (bicyclic) bond motifs is 1. The summed E-state index contributed by atoms with van der Waals surface area (Å²) >= 11 is 0. The van der Waals surface area contributed by atoms with Crippen LogP contribution in [0.4, 0.5) is 11.8 Å². The van der Waals surface area contributed by atoms with Gasteiger partial charge in [-0.25, -0.2) is 15.2 Å². The van der Waals surface area contributed by atoms with E-state index in [0.29, 0.717) is 11.3 Å². The molecule has 1 unspecified atom stereocenters. The van der Waals surface area contributed by atoms with Gasteiger partial charge in [0.15, 0.2) is 23.2 Å². The van der Waals surface area contributed by atoms with Crippen LogP contribution in [0.3, 0.4) is 0 Å².